The molecule has 190 valence electrons. The molecule has 1 aliphatic heterocycles. The Morgan fingerprint density at radius 1 is 1.16 bits per heavy atom. The molecule has 0 fully saturated rings. The van der Waals surface area contributed by atoms with Gasteiger partial charge in [-0.1, -0.05) is 19.1 Å². The summed E-state index contributed by atoms with van der Waals surface area (Å²) < 4.78 is 13.4. The van der Waals surface area contributed by atoms with Crippen molar-refractivity contribution in [3.8, 4) is 0 Å². The number of thiophene rings is 1. The molecule has 2 aromatic carbocycles. The van der Waals surface area contributed by atoms with Gasteiger partial charge in [0.25, 0.3) is 11.8 Å². The lowest BCUT2D eigenvalue weighted by molar-refractivity contribution is -0.134. The second kappa shape index (κ2) is 10.5. The van der Waals surface area contributed by atoms with Gasteiger partial charge in [-0.2, -0.15) is 5.10 Å². The molecular weight excluding hydrogens is 493 g/mol. The van der Waals surface area contributed by atoms with Gasteiger partial charge in [0.15, 0.2) is 0 Å². The molecule has 37 heavy (non-hydrogen) atoms. The topological polar surface area (TPSA) is 107 Å². The van der Waals surface area contributed by atoms with Gasteiger partial charge >= 0.3 is 0 Å². The van der Waals surface area contributed by atoms with Gasteiger partial charge in [0.05, 0.1) is 16.6 Å². The van der Waals surface area contributed by atoms with E-state index < -0.39 is 6.04 Å². The first kappa shape index (κ1) is 24.6. The Morgan fingerprint density at radius 2 is 2.03 bits per heavy atom. The van der Waals surface area contributed by atoms with E-state index in [9.17, 15) is 18.8 Å². The normalized spacial score (nSPS) is 13.7. The third-order valence-corrected chi connectivity index (χ3v) is 7.69. The molecule has 10 heteroatoms. The Balaban J connectivity index is 1.21. The number of carbonyl (C=O) groups excluding carboxylic acids is 3. The number of carbonyl (C=O) groups is 3. The molecule has 5 rings (SSSR count). The molecule has 0 spiro atoms. The highest BCUT2D eigenvalue weighted by molar-refractivity contribution is 7.14. The minimum atomic E-state index is -0.651. The van der Waals surface area contributed by atoms with Crippen molar-refractivity contribution in [3.05, 3.63) is 87.0 Å². The molecule has 4 aromatic rings. The van der Waals surface area contributed by atoms with E-state index >= 15 is 0 Å². The van der Waals surface area contributed by atoms with Crippen molar-refractivity contribution in [3.63, 3.8) is 0 Å². The van der Waals surface area contributed by atoms with Crippen LogP contribution < -0.4 is 10.6 Å². The standard InChI is InChI=1S/C27H26FN5O3S/c1-2-21(31-25(34)17-6-7-22-18(11-17)14-30-32-22)27(36)33-9-8-23-19(15-33)12-24(37-23)26(35)29-13-16-4-3-5-20(28)10-16/h3-7,10-12,14,21H,2,8-9,13,15H2,1H3,(H,29,35)(H,30,32)(H,31,34)/t21-/m1/s1. The van der Waals surface area contributed by atoms with E-state index in [1.54, 1.807) is 41.4 Å². The summed E-state index contributed by atoms with van der Waals surface area (Å²) in [7, 11) is 0. The predicted molar refractivity (Wildman–Crippen MR) is 139 cm³/mol. The highest BCUT2D eigenvalue weighted by atomic mass is 32.1. The highest BCUT2D eigenvalue weighted by Gasteiger charge is 2.29. The molecule has 0 radical (unpaired) electrons. The van der Waals surface area contributed by atoms with E-state index in [0.717, 1.165) is 21.3 Å². The van der Waals surface area contributed by atoms with Gasteiger partial charge in [-0.3, -0.25) is 19.5 Å². The van der Waals surface area contributed by atoms with Crippen molar-refractivity contribution in [2.24, 2.45) is 0 Å². The summed E-state index contributed by atoms with van der Waals surface area (Å²) in [5, 5.41) is 13.3. The van der Waals surface area contributed by atoms with Gasteiger partial charge in [-0.05, 0) is 60.4 Å². The van der Waals surface area contributed by atoms with Crippen LogP contribution in [0.15, 0.2) is 54.7 Å². The highest BCUT2D eigenvalue weighted by Crippen LogP contribution is 2.29. The summed E-state index contributed by atoms with van der Waals surface area (Å²) in [5.74, 6) is -1.03. The minimum absolute atomic E-state index is 0.144. The van der Waals surface area contributed by atoms with Crippen molar-refractivity contribution in [2.45, 2.75) is 38.9 Å². The summed E-state index contributed by atoms with van der Waals surface area (Å²) in [6.07, 6.45) is 2.75. The van der Waals surface area contributed by atoms with Gasteiger partial charge < -0.3 is 15.5 Å². The molecule has 0 bridgehead atoms. The van der Waals surface area contributed by atoms with Crippen LogP contribution in [0.25, 0.3) is 10.9 Å². The largest absolute Gasteiger partial charge is 0.347 e. The average molecular weight is 520 g/mol. The molecule has 1 aliphatic rings. The molecule has 2 aromatic heterocycles. The molecule has 8 nitrogen and oxygen atoms in total. The fraction of sp³-hybridized carbons (Fsp3) is 0.259. The Kier molecular flexibility index (Phi) is 7.00. The number of nitrogens with one attached hydrogen (secondary N) is 3. The first-order valence-electron chi connectivity index (χ1n) is 12.1. The summed E-state index contributed by atoms with van der Waals surface area (Å²) in [6, 6.07) is 12.5. The fourth-order valence-electron chi connectivity index (χ4n) is 4.43. The number of hydrogen-bond donors (Lipinski definition) is 3. The Bertz CT molecular complexity index is 1480. The molecule has 0 saturated heterocycles. The molecule has 3 heterocycles. The third-order valence-electron chi connectivity index (χ3n) is 6.46. The Hall–Kier alpha value is -4.05. The number of aromatic nitrogens is 2. The molecule has 3 amide bonds. The quantitative estimate of drug-likeness (QED) is 0.345. The second-order valence-electron chi connectivity index (χ2n) is 8.99. The van der Waals surface area contributed by atoms with E-state index in [1.807, 2.05) is 13.0 Å². The van der Waals surface area contributed by atoms with Crippen molar-refractivity contribution < 1.29 is 18.8 Å². The lowest BCUT2D eigenvalue weighted by atomic mass is 10.1. The first-order valence-corrected chi connectivity index (χ1v) is 12.9. The fourth-order valence-corrected chi connectivity index (χ4v) is 5.51. The number of aromatic amines is 1. The SMILES string of the molecule is CC[C@@H](NC(=O)c1ccc2[nH]ncc2c1)C(=O)N1CCc2sc(C(=O)NCc3cccc(F)c3)cc2C1. The Morgan fingerprint density at radius 3 is 2.84 bits per heavy atom. The van der Waals surface area contributed by atoms with Crippen LogP contribution in [0.5, 0.6) is 0 Å². The maximum Gasteiger partial charge on any atom is 0.261 e. The van der Waals surface area contributed by atoms with Crippen LogP contribution in [0.4, 0.5) is 4.39 Å². The zero-order chi connectivity index (χ0) is 25.9. The van der Waals surface area contributed by atoms with Crippen molar-refractivity contribution in [2.75, 3.05) is 6.54 Å². The van der Waals surface area contributed by atoms with E-state index in [0.29, 0.717) is 41.9 Å². The average Bonchev–Trinajstić information content (AvgIpc) is 3.56. The zero-order valence-electron chi connectivity index (χ0n) is 20.2. The van der Waals surface area contributed by atoms with Gasteiger partial charge in [-0.15, -0.1) is 11.3 Å². The maximum absolute atomic E-state index is 13.4. The van der Waals surface area contributed by atoms with Crippen molar-refractivity contribution in [1.29, 1.82) is 0 Å². The number of nitrogens with zero attached hydrogens (tertiary/aromatic N) is 2. The smallest absolute Gasteiger partial charge is 0.261 e. The van der Waals surface area contributed by atoms with Crippen molar-refractivity contribution in [1.82, 2.24) is 25.7 Å². The monoisotopic (exact) mass is 519 g/mol. The molecular formula is C27H26FN5O3S. The minimum Gasteiger partial charge on any atom is -0.347 e. The number of halogens is 1. The zero-order valence-corrected chi connectivity index (χ0v) is 21.0. The van der Waals surface area contributed by atoms with Gasteiger partial charge in [0.1, 0.15) is 11.9 Å². The predicted octanol–water partition coefficient (Wildman–Crippen LogP) is 3.79. The first-order chi connectivity index (χ1) is 17.9. The number of H-pyrrole nitrogens is 1. The third kappa shape index (κ3) is 5.39. The number of hydrogen-bond acceptors (Lipinski definition) is 5. The molecule has 0 saturated carbocycles. The van der Waals surface area contributed by atoms with Crippen molar-refractivity contribution >= 4 is 40.0 Å². The lowest BCUT2D eigenvalue weighted by Crippen LogP contribution is -2.49. The Labute approximate surface area is 216 Å². The number of rotatable bonds is 7. The molecule has 0 unspecified atom stereocenters. The van der Waals surface area contributed by atoms with E-state index in [1.165, 1.54) is 23.5 Å². The van der Waals surface area contributed by atoms with Crippen LogP contribution in [0, 0.1) is 5.82 Å². The van der Waals surface area contributed by atoms with Gasteiger partial charge in [-0.25, -0.2) is 4.39 Å². The van der Waals surface area contributed by atoms with Crippen LogP contribution >= 0.6 is 11.3 Å². The number of amides is 3. The molecule has 0 aliphatic carbocycles. The van der Waals surface area contributed by atoms with Crippen LogP contribution in [0.3, 0.4) is 0 Å². The number of fused-ring (bicyclic) bond motifs is 2. The summed E-state index contributed by atoms with van der Waals surface area (Å²) in [6.45, 7) is 3.00. The summed E-state index contributed by atoms with van der Waals surface area (Å²) >= 11 is 1.42. The molecule has 1 atom stereocenters. The van der Waals surface area contributed by atoms with Crippen LogP contribution in [0.1, 0.15) is 49.4 Å². The summed E-state index contributed by atoms with van der Waals surface area (Å²) in [4.78, 5) is 42.2. The van der Waals surface area contributed by atoms with Crippen LogP contribution in [-0.4, -0.2) is 45.4 Å². The van der Waals surface area contributed by atoms with Crippen LogP contribution in [0.2, 0.25) is 0 Å². The second-order valence-corrected chi connectivity index (χ2v) is 10.1. The molecule has 3 N–H and O–H groups in total. The van der Waals surface area contributed by atoms with Crippen LogP contribution in [-0.2, 0) is 24.3 Å². The summed E-state index contributed by atoms with van der Waals surface area (Å²) in [5.41, 5.74) is 2.92. The van der Waals surface area contributed by atoms with E-state index in [-0.39, 0.29) is 30.1 Å². The number of benzene rings is 2. The van der Waals surface area contributed by atoms with Gasteiger partial charge in [0, 0.05) is 35.5 Å². The van der Waals surface area contributed by atoms with E-state index in [2.05, 4.69) is 20.8 Å². The lowest BCUT2D eigenvalue weighted by Gasteiger charge is -2.30. The van der Waals surface area contributed by atoms with E-state index in [4.69, 9.17) is 0 Å². The maximum atomic E-state index is 13.4. The van der Waals surface area contributed by atoms with Gasteiger partial charge in [0.2, 0.25) is 5.91 Å².